The molecule has 0 radical (unpaired) electrons. The van der Waals surface area contributed by atoms with Crippen molar-refractivity contribution >= 4 is 5.91 Å². The molecule has 0 saturated carbocycles. The minimum Gasteiger partial charge on any atom is -0.346 e. The summed E-state index contributed by atoms with van der Waals surface area (Å²) < 4.78 is 30.7. The average molecular weight is 431 g/mol. The molecular weight excluding hydrogens is 412 g/mol. The first-order chi connectivity index (χ1) is 15.4. The Kier molecular flexibility index (Phi) is 5.89. The van der Waals surface area contributed by atoms with Crippen LogP contribution in [0.3, 0.4) is 0 Å². The fourth-order valence-electron chi connectivity index (χ4n) is 3.36. The molecule has 160 valence electrons. The van der Waals surface area contributed by atoms with E-state index in [2.05, 4.69) is 10.4 Å². The number of carbonyl (C=O) groups is 1. The van der Waals surface area contributed by atoms with Gasteiger partial charge in [0.05, 0.1) is 5.69 Å². The number of hydrogen-bond donors (Lipinski definition) is 1. The first-order valence-electron chi connectivity index (χ1n) is 9.92. The first-order valence-corrected chi connectivity index (χ1v) is 9.92. The first kappa shape index (κ1) is 21.1. The van der Waals surface area contributed by atoms with E-state index in [1.54, 1.807) is 55.5 Å². The Balaban J connectivity index is 1.58. The Morgan fingerprint density at radius 3 is 2.12 bits per heavy atom. The minimum atomic E-state index is -0.814. The number of carbonyl (C=O) groups excluding carboxylic acids is 1. The number of para-hydroxylation sites is 1. The molecule has 1 amide bonds. The van der Waals surface area contributed by atoms with Gasteiger partial charge in [0.25, 0.3) is 5.91 Å². The molecule has 5 nitrogen and oxygen atoms in total. The van der Waals surface area contributed by atoms with Crippen molar-refractivity contribution in [2.75, 3.05) is 0 Å². The summed E-state index contributed by atoms with van der Waals surface area (Å²) in [7, 11) is 0. The third-order valence-corrected chi connectivity index (χ3v) is 5.00. The van der Waals surface area contributed by atoms with Crippen LogP contribution in [0.5, 0.6) is 0 Å². The molecule has 0 atom stereocenters. The lowest BCUT2D eigenvalue weighted by Crippen LogP contribution is -2.32. The molecule has 4 aromatic rings. The van der Waals surface area contributed by atoms with E-state index in [0.29, 0.717) is 22.5 Å². The number of rotatable bonds is 5. The van der Waals surface area contributed by atoms with Crippen LogP contribution in [0.15, 0.2) is 83.7 Å². The number of amides is 1. The highest BCUT2D eigenvalue weighted by atomic mass is 19.1. The zero-order valence-corrected chi connectivity index (χ0v) is 17.2. The van der Waals surface area contributed by atoms with Crippen molar-refractivity contribution in [3.8, 4) is 16.8 Å². The molecule has 3 aromatic carbocycles. The predicted octanol–water partition coefficient (Wildman–Crippen LogP) is 4.42. The molecule has 0 aliphatic rings. The second-order valence-corrected chi connectivity index (χ2v) is 7.21. The fourth-order valence-corrected chi connectivity index (χ4v) is 3.36. The lowest BCUT2D eigenvalue weighted by atomic mass is 10.0. The second-order valence-electron chi connectivity index (χ2n) is 7.21. The van der Waals surface area contributed by atoms with Gasteiger partial charge in [-0.2, -0.15) is 5.10 Å². The van der Waals surface area contributed by atoms with E-state index in [1.165, 1.54) is 22.9 Å². The monoisotopic (exact) mass is 431 g/mol. The molecular formula is C25H19F2N3O2. The number of nitrogens with zero attached hydrogens (tertiary/aromatic N) is 2. The SMILES string of the molecule is Cc1cc(=O)c(C(=O)NCc2c(F)cc(-c3ccccc3)cc2F)nn1-c1ccccc1. The van der Waals surface area contributed by atoms with E-state index in [4.69, 9.17) is 0 Å². The van der Waals surface area contributed by atoms with Crippen LogP contribution in [0.1, 0.15) is 21.7 Å². The van der Waals surface area contributed by atoms with E-state index >= 15 is 0 Å². The summed E-state index contributed by atoms with van der Waals surface area (Å²) in [6.45, 7) is 1.27. The second kappa shape index (κ2) is 8.93. The molecule has 32 heavy (non-hydrogen) atoms. The smallest absolute Gasteiger partial charge is 0.276 e. The van der Waals surface area contributed by atoms with Gasteiger partial charge in [-0.05, 0) is 42.3 Å². The van der Waals surface area contributed by atoms with Crippen LogP contribution >= 0.6 is 0 Å². The van der Waals surface area contributed by atoms with Crippen molar-refractivity contribution < 1.29 is 13.6 Å². The highest BCUT2D eigenvalue weighted by Gasteiger charge is 2.18. The summed E-state index contributed by atoms with van der Waals surface area (Å²) in [6, 6.07) is 21.6. The van der Waals surface area contributed by atoms with Gasteiger partial charge in [0.15, 0.2) is 5.69 Å². The Hall–Kier alpha value is -4.13. The highest BCUT2D eigenvalue weighted by molar-refractivity contribution is 5.92. The van der Waals surface area contributed by atoms with E-state index in [0.717, 1.165) is 0 Å². The molecule has 1 heterocycles. The van der Waals surface area contributed by atoms with Crippen molar-refractivity contribution in [3.63, 3.8) is 0 Å². The van der Waals surface area contributed by atoms with Crippen LogP contribution < -0.4 is 10.7 Å². The van der Waals surface area contributed by atoms with Gasteiger partial charge in [-0.25, -0.2) is 13.5 Å². The maximum atomic E-state index is 14.6. The van der Waals surface area contributed by atoms with Crippen LogP contribution in [-0.2, 0) is 6.54 Å². The summed E-state index contributed by atoms with van der Waals surface area (Å²) in [5, 5.41) is 6.56. The van der Waals surface area contributed by atoms with Gasteiger partial charge >= 0.3 is 0 Å². The molecule has 7 heteroatoms. The van der Waals surface area contributed by atoms with Crippen LogP contribution in [0, 0.1) is 18.6 Å². The van der Waals surface area contributed by atoms with Crippen molar-refractivity contribution in [2.45, 2.75) is 13.5 Å². The molecule has 4 rings (SSSR count). The van der Waals surface area contributed by atoms with Gasteiger partial charge < -0.3 is 5.32 Å². The Bertz CT molecular complexity index is 1310. The van der Waals surface area contributed by atoms with Crippen molar-refractivity contribution in [1.82, 2.24) is 15.1 Å². The zero-order valence-electron chi connectivity index (χ0n) is 17.2. The number of hydrogen-bond acceptors (Lipinski definition) is 3. The third-order valence-electron chi connectivity index (χ3n) is 5.00. The Labute approximate surface area is 183 Å². The molecule has 0 aliphatic heterocycles. The molecule has 1 aromatic heterocycles. The molecule has 0 fully saturated rings. The van der Waals surface area contributed by atoms with Gasteiger partial charge in [-0.1, -0.05) is 48.5 Å². The van der Waals surface area contributed by atoms with Crippen molar-refractivity contribution in [3.05, 3.63) is 118 Å². The molecule has 0 bridgehead atoms. The van der Waals surface area contributed by atoms with E-state index in [9.17, 15) is 18.4 Å². The van der Waals surface area contributed by atoms with Crippen LogP contribution in [-0.4, -0.2) is 15.7 Å². The minimum absolute atomic E-state index is 0.298. The number of aryl methyl sites for hydroxylation is 1. The maximum absolute atomic E-state index is 14.6. The average Bonchev–Trinajstić information content (AvgIpc) is 2.79. The summed E-state index contributed by atoms with van der Waals surface area (Å²) in [5.74, 6) is -2.39. The standard InChI is InChI=1S/C25H19F2N3O2/c1-16-12-23(31)24(29-30(16)19-10-6-3-7-11-19)25(32)28-15-20-21(26)13-18(14-22(20)27)17-8-4-2-5-9-17/h2-14H,15H2,1H3,(H,28,32). The summed E-state index contributed by atoms with van der Waals surface area (Å²) >= 11 is 0. The number of halogens is 2. The van der Waals surface area contributed by atoms with Gasteiger partial charge in [-0.15, -0.1) is 0 Å². The quantitative estimate of drug-likeness (QED) is 0.509. The topological polar surface area (TPSA) is 64.0 Å². The van der Waals surface area contributed by atoms with Gasteiger partial charge in [0.2, 0.25) is 5.43 Å². The number of benzene rings is 3. The van der Waals surface area contributed by atoms with Gasteiger partial charge in [-0.3, -0.25) is 9.59 Å². The Morgan fingerprint density at radius 1 is 0.906 bits per heavy atom. The largest absolute Gasteiger partial charge is 0.346 e. The predicted molar refractivity (Wildman–Crippen MR) is 118 cm³/mol. The maximum Gasteiger partial charge on any atom is 0.276 e. The summed E-state index contributed by atoms with van der Waals surface area (Å²) in [5.41, 5.74) is 1.05. The van der Waals surface area contributed by atoms with Crippen LogP contribution in [0.4, 0.5) is 8.78 Å². The third kappa shape index (κ3) is 4.32. The van der Waals surface area contributed by atoms with E-state index in [1.807, 2.05) is 12.1 Å². The number of nitrogens with one attached hydrogen (secondary N) is 1. The zero-order chi connectivity index (χ0) is 22.7. The molecule has 0 unspecified atom stereocenters. The highest BCUT2D eigenvalue weighted by Crippen LogP contribution is 2.24. The fraction of sp³-hybridized carbons (Fsp3) is 0.0800. The van der Waals surface area contributed by atoms with Crippen LogP contribution in [0.2, 0.25) is 0 Å². The van der Waals surface area contributed by atoms with Crippen molar-refractivity contribution in [1.29, 1.82) is 0 Å². The lowest BCUT2D eigenvalue weighted by molar-refractivity contribution is 0.0942. The van der Waals surface area contributed by atoms with E-state index in [-0.39, 0.29) is 11.3 Å². The molecule has 0 saturated heterocycles. The van der Waals surface area contributed by atoms with Gasteiger partial charge in [0.1, 0.15) is 11.6 Å². The summed E-state index contributed by atoms with van der Waals surface area (Å²) in [4.78, 5) is 24.9. The normalized spacial score (nSPS) is 10.7. The Morgan fingerprint density at radius 2 is 1.50 bits per heavy atom. The summed E-state index contributed by atoms with van der Waals surface area (Å²) in [6.07, 6.45) is 0. The number of aromatic nitrogens is 2. The molecule has 0 aliphatic carbocycles. The van der Waals surface area contributed by atoms with Crippen molar-refractivity contribution in [2.24, 2.45) is 0 Å². The van der Waals surface area contributed by atoms with Gasteiger partial charge in [0, 0.05) is 23.9 Å². The van der Waals surface area contributed by atoms with Crippen LogP contribution in [0.25, 0.3) is 16.8 Å². The molecule has 0 spiro atoms. The van der Waals surface area contributed by atoms with E-state index < -0.39 is 29.5 Å². The molecule has 1 N–H and O–H groups in total. The lowest BCUT2D eigenvalue weighted by Gasteiger charge is -2.12.